The third-order valence-electron chi connectivity index (χ3n) is 4.68. The molecule has 2 aliphatic heterocycles. The van der Waals surface area contributed by atoms with Gasteiger partial charge in [0.1, 0.15) is 17.8 Å². The number of rotatable bonds is 3. The second kappa shape index (κ2) is 6.28. The smallest absolute Gasteiger partial charge is 0.274 e. The SMILES string of the molecule is O=C(Nc1ccc2c(c1)OCO2)c1cc(N2CCc3ccccc32)ncn1. The van der Waals surface area contributed by atoms with Crippen LogP contribution in [0, 0.1) is 0 Å². The molecule has 7 heteroatoms. The molecule has 5 rings (SSSR count). The zero-order chi connectivity index (χ0) is 18.2. The van der Waals surface area contributed by atoms with E-state index >= 15 is 0 Å². The number of hydrogen-bond acceptors (Lipinski definition) is 6. The van der Waals surface area contributed by atoms with Gasteiger partial charge in [-0.1, -0.05) is 18.2 Å². The fraction of sp³-hybridized carbons (Fsp3) is 0.150. The van der Waals surface area contributed by atoms with Gasteiger partial charge in [-0.15, -0.1) is 0 Å². The third kappa shape index (κ3) is 2.83. The summed E-state index contributed by atoms with van der Waals surface area (Å²) in [5.41, 5.74) is 3.33. The van der Waals surface area contributed by atoms with E-state index in [0.717, 1.165) is 18.7 Å². The average molecular weight is 360 g/mol. The van der Waals surface area contributed by atoms with E-state index in [4.69, 9.17) is 9.47 Å². The van der Waals surface area contributed by atoms with Crippen LogP contribution in [0.4, 0.5) is 17.2 Å². The Morgan fingerprint density at radius 2 is 1.93 bits per heavy atom. The lowest BCUT2D eigenvalue weighted by atomic mass is 10.2. The summed E-state index contributed by atoms with van der Waals surface area (Å²) in [6, 6.07) is 15.2. The van der Waals surface area contributed by atoms with Crippen LogP contribution < -0.4 is 19.7 Å². The molecular weight excluding hydrogens is 344 g/mol. The van der Waals surface area contributed by atoms with Crippen molar-refractivity contribution in [2.45, 2.75) is 6.42 Å². The summed E-state index contributed by atoms with van der Waals surface area (Å²) in [5, 5.41) is 2.84. The van der Waals surface area contributed by atoms with E-state index in [2.05, 4.69) is 32.3 Å². The van der Waals surface area contributed by atoms with E-state index in [1.165, 1.54) is 11.9 Å². The van der Waals surface area contributed by atoms with Crippen LogP contribution in [0.3, 0.4) is 0 Å². The van der Waals surface area contributed by atoms with Gasteiger partial charge in [-0.25, -0.2) is 9.97 Å². The van der Waals surface area contributed by atoms with Gasteiger partial charge >= 0.3 is 0 Å². The number of nitrogens with one attached hydrogen (secondary N) is 1. The molecule has 0 radical (unpaired) electrons. The Bertz CT molecular complexity index is 1040. The monoisotopic (exact) mass is 360 g/mol. The largest absolute Gasteiger partial charge is 0.454 e. The summed E-state index contributed by atoms with van der Waals surface area (Å²) in [5.74, 6) is 1.70. The standard InChI is InChI=1S/C20H16N4O3/c25-20(23-14-5-6-17-18(9-14)27-12-26-17)15-10-19(22-11-21-15)24-8-7-13-3-1-2-4-16(13)24/h1-6,9-11H,7-8,12H2,(H,23,25). The Hall–Kier alpha value is -3.61. The number of aromatic nitrogens is 2. The predicted molar refractivity (Wildman–Crippen MR) is 99.7 cm³/mol. The van der Waals surface area contributed by atoms with E-state index in [0.29, 0.717) is 28.7 Å². The molecule has 0 bridgehead atoms. The Morgan fingerprint density at radius 1 is 1.04 bits per heavy atom. The van der Waals surface area contributed by atoms with Crippen molar-refractivity contribution in [3.05, 3.63) is 66.1 Å². The number of nitrogens with zero attached hydrogens (tertiary/aromatic N) is 3. The third-order valence-corrected chi connectivity index (χ3v) is 4.68. The molecule has 0 spiro atoms. The molecule has 0 fully saturated rings. The van der Waals surface area contributed by atoms with Crippen LogP contribution in [0.1, 0.15) is 16.1 Å². The van der Waals surface area contributed by atoms with Crippen molar-refractivity contribution in [3.8, 4) is 11.5 Å². The number of para-hydroxylation sites is 1. The summed E-state index contributed by atoms with van der Waals surface area (Å²) >= 11 is 0. The molecule has 1 N–H and O–H groups in total. The number of anilines is 3. The van der Waals surface area contributed by atoms with E-state index in [-0.39, 0.29) is 12.7 Å². The fourth-order valence-electron chi connectivity index (χ4n) is 3.36. The lowest BCUT2D eigenvalue weighted by molar-refractivity contribution is 0.102. The van der Waals surface area contributed by atoms with Crippen molar-refractivity contribution >= 4 is 23.1 Å². The minimum absolute atomic E-state index is 0.194. The van der Waals surface area contributed by atoms with Crippen LogP contribution in [0.15, 0.2) is 54.9 Å². The summed E-state index contributed by atoms with van der Waals surface area (Å²) in [6.07, 6.45) is 2.38. The summed E-state index contributed by atoms with van der Waals surface area (Å²) < 4.78 is 10.6. The van der Waals surface area contributed by atoms with E-state index < -0.39 is 0 Å². The summed E-state index contributed by atoms with van der Waals surface area (Å²) in [4.78, 5) is 23.2. The van der Waals surface area contributed by atoms with Crippen LogP contribution in [-0.4, -0.2) is 29.2 Å². The molecule has 2 aromatic carbocycles. The van der Waals surface area contributed by atoms with E-state index in [1.807, 2.05) is 12.1 Å². The van der Waals surface area contributed by atoms with Gasteiger partial charge in [0.05, 0.1) is 0 Å². The Morgan fingerprint density at radius 3 is 2.89 bits per heavy atom. The van der Waals surface area contributed by atoms with E-state index in [9.17, 15) is 4.79 Å². The quantitative estimate of drug-likeness (QED) is 0.773. The van der Waals surface area contributed by atoms with Crippen molar-refractivity contribution in [1.29, 1.82) is 0 Å². The highest BCUT2D eigenvalue weighted by molar-refractivity contribution is 6.03. The van der Waals surface area contributed by atoms with Crippen molar-refractivity contribution in [2.75, 3.05) is 23.6 Å². The van der Waals surface area contributed by atoms with Gasteiger partial charge in [-0.3, -0.25) is 4.79 Å². The molecule has 7 nitrogen and oxygen atoms in total. The molecule has 1 amide bonds. The first-order chi connectivity index (χ1) is 13.3. The average Bonchev–Trinajstić information content (AvgIpc) is 3.34. The van der Waals surface area contributed by atoms with Gasteiger partial charge in [-0.2, -0.15) is 0 Å². The molecular formula is C20H16N4O3. The molecule has 0 aliphatic carbocycles. The Kier molecular flexibility index (Phi) is 3.64. The van der Waals surface area contributed by atoms with E-state index in [1.54, 1.807) is 24.3 Å². The van der Waals surface area contributed by atoms with Gasteiger partial charge < -0.3 is 19.7 Å². The molecule has 0 saturated carbocycles. The minimum atomic E-state index is -0.301. The van der Waals surface area contributed by atoms with Crippen LogP contribution in [0.25, 0.3) is 0 Å². The molecule has 1 aromatic heterocycles. The molecule has 134 valence electrons. The lowest BCUT2D eigenvalue weighted by Gasteiger charge is -2.18. The maximum Gasteiger partial charge on any atom is 0.274 e. The topological polar surface area (TPSA) is 76.6 Å². The molecule has 27 heavy (non-hydrogen) atoms. The molecule has 0 atom stereocenters. The Labute approximate surface area is 155 Å². The van der Waals surface area contributed by atoms with Crippen LogP contribution in [0.5, 0.6) is 11.5 Å². The number of carbonyl (C=O) groups is 1. The van der Waals surface area contributed by atoms with Gasteiger partial charge in [-0.05, 0) is 30.2 Å². The number of carbonyl (C=O) groups excluding carboxylic acids is 1. The highest BCUT2D eigenvalue weighted by Crippen LogP contribution is 2.35. The van der Waals surface area contributed by atoms with Gasteiger partial charge in [0, 0.05) is 30.1 Å². The van der Waals surface area contributed by atoms with Crippen molar-refractivity contribution < 1.29 is 14.3 Å². The zero-order valence-electron chi connectivity index (χ0n) is 14.4. The second-order valence-corrected chi connectivity index (χ2v) is 6.31. The number of fused-ring (bicyclic) bond motifs is 2. The lowest BCUT2D eigenvalue weighted by Crippen LogP contribution is -2.18. The highest BCUT2D eigenvalue weighted by atomic mass is 16.7. The maximum atomic E-state index is 12.6. The number of benzene rings is 2. The number of hydrogen-bond donors (Lipinski definition) is 1. The van der Waals surface area contributed by atoms with Crippen LogP contribution >= 0.6 is 0 Å². The van der Waals surface area contributed by atoms with Gasteiger partial charge in [0.15, 0.2) is 11.5 Å². The molecule has 2 aliphatic rings. The van der Waals surface area contributed by atoms with Gasteiger partial charge in [0.25, 0.3) is 5.91 Å². The van der Waals surface area contributed by atoms with Crippen LogP contribution in [0.2, 0.25) is 0 Å². The van der Waals surface area contributed by atoms with Crippen molar-refractivity contribution in [3.63, 3.8) is 0 Å². The first kappa shape index (κ1) is 15.6. The fourth-order valence-corrected chi connectivity index (χ4v) is 3.36. The van der Waals surface area contributed by atoms with Crippen molar-refractivity contribution in [1.82, 2.24) is 9.97 Å². The first-order valence-electron chi connectivity index (χ1n) is 8.66. The summed E-state index contributed by atoms with van der Waals surface area (Å²) in [6.45, 7) is 1.03. The zero-order valence-corrected chi connectivity index (χ0v) is 14.4. The highest BCUT2D eigenvalue weighted by Gasteiger charge is 2.22. The van der Waals surface area contributed by atoms with Crippen LogP contribution in [-0.2, 0) is 6.42 Å². The second-order valence-electron chi connectivity index (χ2n) is 6.31. The minimum Gasteiger partial charge on any atom is -0.454 e. The number of ether oxygens (including phenoxy) is 2. The molecule has 3 heterocycles. The summed E-state index contributed by atoms with van der Waals surface area (Å²) in [7, 11) is 0. The molecule has 3 aromatic rings. The van der Waals surface area contributed by atoms with Crippen molar-refractivity contribution in [2.24, 2.45) is 0 Å². The normalized spacial score (nSPS) is 14.1. The first-order valence-corrected chi connectivity index (χ1v) is 8.66. The number of amides is 1. The molecule has 0 unspecified atom stereocenters. The predicted octanol–water partition coefficient (Wildman–Crippen LogP) is 3.15. The maximum absolute atomic E-state index is 12.6. The van der Waals surface area contributed by atoms with Gasteiger partial charge in [0.2, 0.25) is 6.79 Å². The molecule has 0 saturated heterocycles. The Balaban J connectivity index is 1.38.